The van der Waals surface area contributed by atoms with Crippen molar-refractivity contribution in [3.63, 3.8) is 0 Å². The van der Waals surface area contributed by atoms with Crippen LogP contribution in [0.1, 0.15) is 12.0 Å². The summed E-state index contributed by atoms with van der Waals surface area (Å²) in [6.45, 7) is 3.56. The molecule has 3 rings (SSSR count). The van der Waals surface area contributed by atoms with E-state index >= 15 is 0 Å². The summed E-state index contributed by atoms with van der Waals surface area (Å²) in [5.41, 5.74) is 3.00. The van der Waals surface area contributed by atoms with Gasteiger partial charge >= 0.3 is 0 Å². The standard InChI is InChI=1S/C12H16N2/c1-2-4-12-10(3-1)6-8-14(12)11-5-7-13-9-11/h1-4,11,13H,5-9H2/t11-/m0/s1. The number of hydrogen-bond donors (Lipinski definition) is 1. The highest BCUT2D eigenvalue weighted by atomic mass is 15.2. The van der Waals surface area contributed by atoms with Gasteiger partial charge in [-0.25, -0.2) is 0 Å². The van der Waals surface area contributed by atoms with Crippen molar-refractivity contribution in [1.82, 2.24) is 5.32 Å². The number of rotatable bonds is 1. The molecule has 2 aliphatic rings. The van der Waals surface area contributed by atoms with Gasteiger partial charge in [-0.05, 0) is 31.0 Å². The van der Waals surface area contributed by atoms with Gasteiger partial charge in [0, 0.05) is 24.8 Å². The third-order valence-electron chi connectivity index (χ3n) is 3.40. The quantitative estimate of drug-likeness (QED) is 0.717. The van der Waals surface area contributed by atoms with E-state index in [1.165, 1.54) is 37.2 Å². The molecule has 0 saturated carbocycles. The van der Waals surface area contributed by atoms with Crippen molar-refractivity contribution in [2.75, 3.05) is 24.5 Å². The molecule has 2 nitrogen and oxygen atoms in total. The average Bonchev–Trinajstić information content (AvgIpc) is 2.85. The zero-order valence-corrected chi connectivity index (χ0v) is 8.37. The molecule has 0 spiro atoms. The van der Waals surface area contributed by atoms with Crippen LogP contribution in [0.3, 0.4) is 0 Å². The fourth-order valence-electron chi connectivity index (χ4n) is 2.65. The second kappa shape index (κ2) is 3.28. The first-order chi connectivity index (χ1) is 6.95. The van der Waals surface area contributed by atoms with Gasteiger partial charge in [0.2, 0.25) is 0 Å². The summed E-state index contributed by atoms with van der Waals surface area (Å²) < 4.78 is 0. The predicted octanol–water partition coefficient (Wildman–Crippen LogP) is 1.41. The second-order valence-corrected chi connectivity index (χ2v) is 4.22. The van der Waals surface area contributed by atoms with E-state index in [2.05, 4.69) is 34.5 Å². The van der Waals surface area contributed by atoms with Gasteiger partial charge < -0.3 is 10.2 Å². The van der Waals surface area contributed by atoms with Gasteiger partial charge in [-0.2, -0.15) is 0 Å². The van der Waals surface area contributed by atoms with E-state index in [1.807, 2.05) is 0 Å². The maximum Gasteiger partial charge on any atom is 0.0426 e. The van der Waals surface area contributed by atoms with Crippen LogP contribution in [-0.2, 0) is 6.42 Å². The second-order valence-electron chi connectivity index (χ2n) is 4.22. The zero-order chi connectivity index (χ0) is 9.38. The lowest BCUT2D eigenvalue weighted by Gasteiger charge is -2.26. The highest BCUT2D eigenvalue weighted by Crippen LogP contribution is 2.30. The molecule has 0 bridgehead atoms. The molecule has 0 amide bonds. The van der Waals surface area contributed by atoms with Gasteiger partial charge in [0.15, 0.2) is 0 Å². The van der Waals surface area contributed by atoms with E-state index in [1.54, 1.807) is 0 Å². The highest BCUT2D eigenvalue weighted by Gasteiger charge is 2.27. The summed E-state index contributed by atoms with van der Waals surface area (Å²) in [5.74, 6) is 0. The number of nitrogens with one attached hydrogen (secondary N) is 1. The molecule has 2 heterocycles. The molecule has 2 heteroatoms. The van der Waals surface area contributed by atoms with Crippen molar-refractivity contribution in [3.8, 4) is 0 Å². The number of para-hydroxylation sites is 1. The fourth-order valence-corrected chi connectivity index (χ4v) is 2.65. The van der Waals surface area contributed by atoms with Crippen molar-refractivity contribution in [1.29, 1.82) is 0 Å². The number of nitrogens with zero attached hydrogens (tertiary/aromatic N) is 1. The Balaban J connectivity index is 1.89. The molecule has 1 saturated heterocycles. The summed E-state index contributed by atoms with van der Waals surface area (Å²) in [4.78, 5) is 2.58. The molecule has 0 aliphatic carbocycles. The molecule has 1 N–H and O–H groups in total. The van der Waals surface area contributed by atoms with Gasteiger partial charge in [0.05, 0.1) is 0 Å². The van der Waals surface area contributed by atoms with Crippen LogP contribution in [0.4, 0.5) is 5.69 Å². The van der Waals surface area contributed by atoms with Crippen LogP contribution < -0.4 is 10.2 Å². The van der Waals surface area contributed by atoms with E-state index in [0.29, 0.717) is 0 Å². The summed E-state index contributed by atoms with van der Waals surface area (Å²) in [7, 11) is 0. The van der Waals surface area contributed by atoms with Crippen LogP contribution >= 0.6 is 0 Å². The molecule has 1 aromatic rings. The average molecular weight is 188 g/mol. The summed E-state index contributed by atoms with van der Waals surface area (Å²) >= 11 is 0. The molecule has 74 valence electrons. The van der Waals surface area contributed by atoms with Crippen LogP contribution in [-0.4, -0.2) is 25.7 Å². The van der Waals surface area contributed by atoms with E-state index in [0.717, 1.165) is 12.6 Å². The lowest BCUT2D eigenvalue weighted by atomic mass is 10.1. The molecule has 0 radical (unpaired) electrons. The molecule has 1 fully saturated rings. The molecular weight excluding hydrogens is 172 g/mol. The van der Waals surface area contributed by atoms with E-state index in [4.69, 9.17) is 0 Å². The smallest absolute Gasteiger partial charge is 0.0426 e. The Morgan fingerprint density at radius 1 is 1.29 bits per heavy atom. The van der Waals surface area contributed by atoms with E-state index in [9.17, 15) is 0 Å². The maximum atomic E-state index is 3.44. The van der Waals surface area contributed by atoms with Crippen molar-refractivity contribution in [2.24, 2.45) is 0 Å². The molecule has 1 aromatic carbocycles. The van der Waals surface area contributed by atoms with Crippen molar-refractivity contribution in [3.05, 3.63) is 29.8 Å². The number of hydrogen-bond acceptors (Lipinski definition) is 2. The minimum Gasteiger partial charge on any atom is -0.367 e. The Hall–Kier alpha value is -1.02. The monoisotopic (exact) mass is 188 g/mol. The molecule has 14 heavy (non-hydrogen) atoms. The summed E-state index contributed by atoms with van der Waals surface area (Å²) in [6, 6.07) is 9.56. The topological polar surface area (TPSA) is 15.3 Å². The van der Waals surface area contributed by atoms with Crippen molar-refractivity contribution < 1.29 is 0 Å². The van der Waals surface area contributed by atoms with Crippen molar-refractivity contribution >= 4 is 5.69 Å². The first-order valence-corrected chi connectivity index (χ1v) is 5.50. The third-order valence-corrected chi connectivity index (χ3v) is 3.40. The fraction of sp³-hybridized carbons (Fsp3) is 0.500. The lowest BCUT2D eigenvalue weighted by Crippen LogP contribution is -2.35. The summed E-state index contributed by atoms with van der Waals surface area (Å²) in [6.07, 6.45) is 2.53. The predicted molar refractivity (Wildman–Crippen MR) is 58.8 cm³/mol. The SMILES string of the molecule is c1ccc2c(c1)CCN2[C@H]1CCNC1. The van der Waals surface area contributed by atoms with Gasteiger partial charge in [0.25, 0.3) is 0 Å². The Labute approximate surface area is 84.9 Å². The number of benzene rings is 1. The minimum absolute atomic E-state index is 0.735. The Morgan fingerprint density at radius 2 is 2.21 bits per heavy atom. The van der Waals surface area contributed by atoms with Crippen LogP contribution in [0.5, 0.6) is 0 Å². The van der Waals surface area contributed by atoms with Gasteiger partial charge in [-0.15, -0.1) is 0 Å². The number of fused-ring (bicyclic) bond motifs is 1. The van der Waals surface area contributed by atoms with Gasteiger partial charge in [-0.1, -0.05) is 18.2 Å². The molecule has 0 unspecified atom stereocenters. The first-order valence-electron chi connectivity index (χ1n) is 5.50. The Bertz CT molecular complexity index is 329. The van der Waals surface area contributed by atoms with Gasteiger partial charge in [0.1, 0.15) is 0 Å². The first kappa shape index (κ1) is 8.30. The largest absolute Gasteiger partial charge is 0.367 e. The maximum absolute atomic E-state index is 3.44. The Morgan fingerprint density at radius 3 is 3.07 bits per heavy atom. The van der Waals surface area contributed by atoms with E-state index < -0.39 is 0 Å². The third kappa shape index (κ3) is 1.22. The molecule has 1 atom stereocenters. The molecule has 0 aromatic heterocycles. The van der Waals surface area contributed by atoms with E-state index in [-0.39, 0.29) is 0 Å². The van der Waals surface area contributed by atoms with Crippen LogP contribution in [0.25, 0.3) is 0 Å². The molecular formula is C12H16N2. The highest BCUT2D eigenvalue weighted by molar-refractivity contribution is 5.58. The zero-order valence-electron chi connectivity index (χ0n) is 8.37. The van der Waals surface area contributed by atoms with Crippen molar-refractivity contribution in [2.45, 2.75) is 18.9 Å². The normalized spacial score (nSPS) is 25.4. The lowest BCUT2D eigenvalue weighted by molar-refractivity contribution is 0.654. The van der Waals surface area contributed by atoms with Gasteiger partial charge in [-0.3, -0.25) is 0 Å². The molecule has 2 aliphatic heterocycles. The number of anilines is 1. The van der Waals surface area contributed by atoms with Crippen LogP contribution in [0, 0.1) is 0 Å². The Kier molecular flexibility index (Phi) is 1.95. The van der Waals surface area contributed by atoms with Crippen LogP contribution in [0.2, 0.25) is 0 Å². The minimum atomic E-state index is 0.735. The summed E-state index contributed by atoms with van der Waals surface area (Å²) in [5, 5.41) is 3.44. The van der Waals surface area contributed by atoms with Crippen LogP contribution in [0.15, 0.2) is 24.3 Å².